The van der Waals surface area contributed by atoms with E-state index in [1.807, 2.05) is 13.0 Å². The zero-order chi connectivity index (χ0) is 9.68. The van der Waals surface area contributed by atoms with Gasteiger partial charge >= 0.3 is 5.97 Å². The standard InChI is InChI=1S/C10H17NO2/c1-3-5-8-6-7-9(11-8)10(12)13-4-2/h3,8-9,11H,1,4-7H2,2H3. The Bertz CT molecular complexity index is 191. The van der Waals surface area contributed by atoms with Crippen molar-refractivity contribution in [3.8, 4) is 0 Å². The molecule has 1 rings (SSSR count). The first-order chi connectivity index (χ1) is 6.27. The fraction of sp³-hybridized carbons (Fsp3) is 0.700. The van der Waals surface area contributed by atoms with Gasteiger partial charge in [-0.2, -0.15) is 0 Å². The maximum Gasteiger partial charge on any atom is 0.323 e. The minimum Gasteiger partial charge on any atom is -0.465 e. The maximum absolute atomic E-state index is 11.3. The average molecular weight is 183 g/mol. The molecule has 1 saturated heterocycles. The van der Waals surface area contributed by atoms with Crippen molar-refractivity contribution in [2.45, 2.75) is 38.3 Å². The predicted molar refractivity (Wildman–Crippen MR) is 51.4 cm³/mol. The fourth-order valence-corrected chi connectivity index (χ4v) is 1.63. The molecule has 2 atom stereocenters. The summed E-state index contributed by atoms with van der Waals surface area (Å²) in [5, 5.41) is 3.23. The molecule has 0 aromatic carbocycles. The second kappa shape index (κ2) is 5.02. The first kappa shape index (κ1) is 10.3. The number of hydrogen-bond donors (Lipinski definition) is 1. The van der Waals surface area contributed by atoms with E-state index in [0.717, 1.165) is 19.3 Å². The van der Waals surface area contributed by atoms with Crippen LogP contribution in [0.4, 0.5) is 0 Å². The lowest BCUT2D eigenvalue weighted by Crippen LogP contribution is -2.36. The lowest BCUT2D eigenvalue weighted by atomic mass is 10.1. The van der Waals surface area contributed by atoms with Gasteiger partial charge in [-0.25, -0.2) is 0 Å². The Balaban J connectivity index is 2.31. The zero-order valence-electron chi connectivity index (χ0n) is 8.08. The van der Waals surface area contributed by atoms with Crippen LogP contribution in [0.15, 0.2) is 12.7 Å². The van der Waals surface area contributed by atoms with Gasteiger partial charge in [0.2, 0.25) is 0 Å². The van der Waals surface area contributed by atoms with Crippen molar-refractivity contribution in [3.63, 3.8) is 0 Å². The molecule has 3 nitrogen and oxygen atoms in total. The van der Waals surface area contributed by atoms with Gasteiger partial charge in [-0.15, -0.1) is 6.58 Å². The largest absolute Gasteiger partial charge is 0.465 e. The van der Waals surface area contributed by atoms with Gasteiger partial charge in [0.25, 0.3) is 0 Å². The molecule has 3 heteroatoms. The first-order valence-corrected chi connectivity index (χ1v) is 4.81. The normalized spacial score (nSPS) is 27.2. The van der Waals surface area contributed by atoms with Crippen LogP contribution in [0.25, 0.3) is 0 Å². The summed E-state index contributed by atoms with van der Waals surface area (Å²) in [6, 6.07) is 0.316. The van der Waals surface area contributed by atoms with Crippen molar-refractivity contribution in [2.24, 2.45) is 0 Å². The highest BCUT2D eigenvalue weighted by atomic mass is 16.5. The smallest absolute Gasteiger partial charge is 0.323 e. The number of ether oxygens (including phenoxy) is 1. The third kappa shape index (κ3) is 2.84. The van der Waals surface area contributed by atoms with Crippen LogP contribution in [0.5, 0.6) is 0 Å². The lowest BCUT2D eigenvalue weighted by molar-refractivity contribution is -0.145. The minimum atomic E-state index is -0.117. The minimum absolute atomic E-state index is 0.0927. The summed E-state index contributed by atoms with van der Waals surface area (Å²) >= 11 is 0. The van der Waals surface area contributed by atoms with Crippen molar-refractivity contribution in [2.75, 3.05) is 6.61 Å². The van der Waals surface area contributed by atoms with E-state index >= 15 is 0 Å². The summed E-state index contributed by atoms with van der Waals surface area (Å²) < 4.78 is 4.92. The Kier molecular flexibility index (Phi) is 3.96. The zero-order valence-corrected chi connectivity index (χ0v) is 8.08. The number of carbonyl (C=O) groups is 1. The Morgan fingerprint density at radius 1 is 1.69 bits per heavy atom. The third-order valence-electron chi connectivity index (χ3n) is 2.26. The van der Waals surface area contributed by atoms with Crippen LogP contribution in [0.1, 0.15) is 26.2 Å². The molecular formula is C10H17NO2. The molecule has 13 heavy (non-hydrogen) atoms. The highest BCUT2D eigenvalue weighted by molar-refractivity contribution is 5.76. The lowest BCUT2D eigenvalue weighted by Gasteiger charge is -2.11. The molecule has 0 bridgehead atoms. The van der Waals surface area contributed by atoms with E-state index in [2.05, 4.69) is 11.9 Å². The van der Waals surface area contributed by atoms with Crippen LogP contribution >= 0.6 is 0 Å². The molecular weight excluding hydrogens is 166 g/mol. The SMILES string of the molecule is C=CCC1CCC(C(=O)OCC)N1. The van der Waals surface area contributed by atoms with Gasteiger partial charge in [-0.05, 0) is 26.2 Å². The predicted octanol–water partition coefficient (Wildman–Crippen LogP) is 1.25. The monoisotopic (exact) mass is 183 g/mol. The molecule has 1 fully saturated rings. The van der Waals surface area contributed by atoms with Gasteiger partial charge in [0.15, 0.2) is 0 Å². The Hall–Kier alpha value is -0.830. The Morgan fingerprint density at radius 2 is 2.46 bits per heavy atom. The van der Waals surface area contributed by atoms with Gasteiger partial charge in [0.05, 0.1) is 6.61 Å². The van der Waals surface area contributed by atoms with E-state index in [1.165, 1.54) is 0 Å². The van der Waals surface area contributed by atoms with Gasteiger partial charge in [-0.1, -0.05) is 6.08 Å². The molecule has 0 aromatic rings. The van der Waals surface area contributed by atoms with Gasteiger partial charge < -0.3 is 10.1 Å². The van der Waals surface area contributed by atoms with Crippen molar-refractivity contribution < 1.29 is 9.53 Å². The van der Waals surface area contributed by atoms with Crippen molar-refractivity contribution >= 4 is 5.97 Å². The molecule has 1 heterocycles. The molecule has 1 aliphatic rings. The Labute approximate surface area is 79.2 Å². The van der Waals surface area contributed by atoms with Gasteiger partial charge in [0, 0.05) is 6.04 Å². The molecule has 1 aliphatic heterocycles. The van der Waals surface area contributed by atoms with Crippen LogP contribution in [-0.2, 0) is 9.53 Å². The third-order valence-corrected chi connectivity index (χ3v) is 2.26. The average Bonchev–Trinajstić information content (AvgIpc) is 2.54. The summed E-state index contributed by atoms with van der Waals surface area (Å²) in [7, 11) is 0. The number of rotatable bonds is 4. The molecule has 0 saturated carbocycles. The molecule has 74 valence electrons. The molecule has 0 amide bonds. The first-order valence-electron chi connectivity index (χ1n) is 4.81. The molecule has 0 spiro atoms. The van der Waals surface area contributed by atoms with Crippen molar-refractivity contribution in [1.82, 2.24) is 5.32 Å². The summed E-state index contributed by atoms with van der Waals surface area (Å²) in [4.78, 5) is 11.3. The van der Waals surface area contributed by atoms with E-state index in [0.29, 0.717) is 12.6 Å². The summed E-state index contributed by atoms with van der Waals surface area (Å²) in [5.41, 5.74) is 0. The molecule has 0 aromatic heterocycles. The van der Waals surface area contributed by atoms with E-state index < -0.39 is 0 Å². The van der Waals surface area contributed by atoms with Crippen LogP contribution in [0, 0.1) is 0 Å². The van der Waals surface area contributed by atoms with E-state index in [1.54, 1.807) is 0 Å². The van der Waals surface area contributed by atoms with Crippen LogP contribution in [0.3, 0.4) is 0 Å². The van der Waals surface area contributed by atoms with Crippen molar-refractivity contribution in [1.29, 1.82) is 0 Å². The quantitative estimate of drug-likeness (QED) is 0.526. The van der Waals surface area contributed by atoms with Gasteiger partial charge in [-0.3, -0.25) is 4.79 Å². The number of esters is 1. The Morgan fingerprint density at radius 3 is 3.08 bits per heavy atom. The molecule has 1 N–H and O–H groups in total. The fourth-order valence-electron chi connectivity index (χ4n) is 1.63. The summed E-state index contributed by atoms with van der Waals surface area (Å²) in [5.74, 6) is -0.117. The second-order valence-electron chi connectivity index (χ2n) is 3.27. The van der Waals surface area contributed by atoms with E-state index in [-0.39, 0.29) is 12.0 Å². The molecule has 0 aliphatic carbocycles. The van der Waals surface area contributed by atoms with Crippen molar-refractivity contribution in [3.05, 3.63) is 12.7 Å². The highest BCUT2D eigenvalue weighted by Crippen LogP contribution is 2.16. The van der Waals surface area contributed by atoms with E-state index in [4.69, 9.17) is 4.74 Å². The van der Waals surface area contributed by atoms with Crippen LogP contribution in [-0.4, -0.2) is 24.7 Å². The number of carbonyl (C=O) groups excluding carboxylic acids is 1. The molecule has 2 unspecified atom stereocenters. The molecule has 0 radical (unpaired) electrons. The number of hydrogen-bond acceptors (Lipinski definition) is 3. The second-order valence-corrected chi connectivity index (χ2v) is 3.27. The number of nitrogens with one attached hydrogen (secondary N) is 1. The van der Waals surface area contributed by atoms with Gasteiger partial charge in [0.1, 0.15) is 6.04 Å². The highest BCUT2D eigenvalue weighted by Gasteiger charge is 2.28. The van der Waals surface area contributed by atoms with Crippen LogP contribution in [0.2, 0.25) is 0 Å². The summed E-state index contributed by atoms with van der Waals surface area (Å²) in [6.07, 6.45) is 4.73. The topological polar surface area (TPSA) is 38.3 Å². The van der Waals surface area contributed by atoms with Crippen LogP contribution < -0.4 is 5.32 Å². The van der Waals surface area contributed by atoms with E-state index in [9.17, 15) is 4.79 Å². The summed E-state index contributed by atoms with van der Waals surface area (Å²) in [6.45, 7) is 5.96. The maximum atomic E-state index is 11.3.